The fourth-order valence-electron chi connectivity index (χ4n) is 2.06. The number of hydrogen-bond donors (Lipinski definition) is 2. The number of aromatic amines is 2. The number of benzene rings is 1. The molecule has 3 aromatic heterocycles. The minimum atomic E-state index is -0.354. The van der Waals surface area contributed by atoms with Crippen LogP contribution in [0.25, 0.3) is 28.1 Å². The highest BCUT2D eigenvalue weighted by atomic mass is 79.9. The molecule has 0 aliphatic heterocycles. The maximum Gasteiger partial charge on any atom is 0.349 e. The van der Waals surface area contributed by atoms with Crippen LogP contribution in [-0.4, -0.2) is 29.8 Å². The maximum absolute atomic E-state index is 11.9. The first kappa shape index (κ1) is 11.4. The second kappa shape index (κ2) is 4.01. The average molecular weight is 331 g/mol. The Kier molecular flexibility index (Phi) is 2.27. The van der Waals surface area contributed by atoms with Crippen molar-refractivity contribution in [2.45, 2.75) is 0 Å². The van der Waals surface area contributed by atoms with Crippen LogP contribution < -0.4 is 5.69 Å². The molecule has 0 aliphatic rings. The molecule has 0 radical (unpaired) electrons. The van der Waals surface area contributed by atoms with Crippen molar-refractivity contribution in [3.8, 4) is 11.4 Å². The summed E-state index contributed by atoms with van der Waals surface area (Å²) in [6.45, 7) is 0. The third-order valence-electron chi connectivity index (χ3n) is 3.01. The number of nitrogens with one attached hydrogen (secondary N) is 2. The van der Waals surface area contributed by atoms with Gasteiger partial charge in [-0.2, -0.15) is 9.61 Å². The van der Waals surface area contributed by atoms with Crippen LogP contribution in [0.2, 0.25) is 0 Å². The second-order valence-corrected chi connectivity index (χ2v) is 5.18. The molecule has 1 aromatic carbocycles. The Balaban J connectivity index is 2.05. The molecule has 7 nitrogen and oxygen atoms in total. The SMILES string of the molecule is O=c1[nH]c2[nH]ncc2c2nc(-c3ccc(Br)cc3)nn12. The normalized spacial score (nSPS) is 11.4. The zero-order chi connectivity index (χ0) is 13.7. The molecule has 4 aromatic rings. The van der Waals surface area contributed by atoms with E-state index in [1.54, 1.807) is 6.20 Å². The lowest BCUT2D eigenvalue weighted by Crippen LogP contribution is -2.17. The summed E-state index contributed by atoms with van der Waals surface area (Å²) >= 11 is 3.38. The third-order valence-corrected chi connectivity index (χ3v) is 3.54. The predicted octanol–water partition coefficient (Wildman–Crippen LogP) is 1.72. The first-order chi connectivity index (χ1) is 9.72. The molecule has 0 aliphatic carbocycles. The van der Waals surface area contributed by atoms with E-state index in [-0.39, 0.29) is 5.69 Å². The van der Waals surface area contributed by atoms with Gasteiger partial charge in [0.1, 0.15) is 5.65 Å². The van der Waals surface area contributed by atoms with Crippen molar-refractivity contribution in [2.24, 2.45) is 0 Å². The van der Waals surface area contributed by atoms with Gasteiger partial charge < -0.3 is 0 Å². The highest BCUT2D eigenvalue weighted by Gasteiger charge is 2.13. The number of rotatable bonds is 1. The number of hydrogen-bond acceptors (Lipinski definition) is 4. The molecule has 3 heterocycles. The summed E-state index contributed by atoms with van der Waals surface area (Å²) in [4.78, 5) is 19.0. The van der Waals surface area contributed by atoms with Crippen LogP contribution in [0.15, 0.2) is 39.7 Å². The average Bonchev–Trinajstić information content (AvgIpc) is 3.05. The van der Waals surface area contributed by atoms with Crippen molar-refractivity contribution >= 4 is 32.6 Å². The van der Waals surface area contributed by atoms with Crippen LogP contribution in [-0.2, 0) is 0 Å². The number of aromatic nitrogens is 6. The minimum absolute atomic E-state index is 0.354. The number of fused-ring (bicyclic) bond motifs is 3. The van der Waals surface area contributed by atoms with E-state index in [1.807, 2.05) is 24.3 Å². The van der Waals surface area contributed by atoms with Crippen molar-refractivity contribution in [1.29, 1.82) is 0 Å². The van der Waals surface area contributed by atoms with Crippen LogP contribution in [0.1, 0.15) is 0 Å². The van der Waals surface area contributed by atoms with Crippen LogP contribution in [0.3, 0.4) is 0 Å². The van der Waals surface area contributed by atoms with Gasteiger partial charge in [-0.05, 0) is 12.1 Å². The molecule has 0 spiro atoms. The zero-order valence-corrected chi connectivity index (χ0v) is 11.5. The van der Waals surface area contributed by atoms with Crippen LogP contribution in [0.5, 0.6) is 0 Å². The first-order valence-corrected chi connectivity index (χ1v) is 6.60. The van der Waals surface area contributed by atoms with Gasteiger partial charge in [0, 0.05) is 10.0 Å². The summed E-state index contributed by atoms with van der Waals surface area (Å²) in [6.07, 6.45) is 1.61. The van der Waals surface area contributed by atoms with Gasteiger partial charge in [0.25, 0.3) is 0 Å². The van der Waals surface area contributed by atoms with Gasteiger partial charge in [-0.25, -0.2) is 9.78 Å². The van der Waals surface area contributed by atoms with Gasteiger partial charge in [-0.3, -0.25) is 10.1 Å². The van der Waals surface area contributed by atoms with E-state index in [2.05, 4.69) is 41.2 Å². The first-order valence-electron chi connectivity index (χ1n) is 5.80. The minimum Gasteiger partial charge on any atom is -0.290 e. The van der Waals surface area contributed by atoms with E-state index in [1.165, 1.54) is 4.52 Å². The van der Waals surface area contributed by atoms with E-state index in [4.69, 9.17) is 0 Å². The summed E-state index contributed by atoms with van der Waals surface area (Å²) in [5.41, 5.74) is 1.51. The molecule has 0 saturated carbocycles. The molecule has 0 saturated heterocycles. The molecule has 98 valence electrons. The molecular formula is C12H7BrN6O. The molecule has 0 atom stereocenters. The van der Waals surface area contributed by atoms with E-state index in [0.717, 1.165) is 15.4 Å². The monoisotopic (exact) mass is 330 g/mol. The van der Waals surface area contributed by atoms with Gasteiger partial charge in [-0.1, -0.05) is 28.1 Å². The van der Waals surface area contributed by atoms with E-state index < -0.39 is 0 Å². The molecule has 20 heavy (non-hydrogen) atoms. The van der Waals surface area contributed by atoms with E-state index in [9.17, 15) is 4.79 Å². The van der Waals surface area contributed by atoms with Gasteiger partial charge in [0.15, 0.2) is 11.5 Å². The Bertz CT molecular complexity index is 981. The zero-order valence-electron chi connectivity index (χ0n) is 9.96. The molecule has 2 N–H and O–H groups in total. The van der Waals surface area contributed by atoms with Crippen molar-refractivity contribution in [1.82, 2.24) is 29.8 Å². The van der Waals surface area contributed by atoms with Crippen molar-refractivity contribution < 1.29 is 0 Å². The summed E-state index contributed by atoms with van der Waals surface area (Å²) in [6, 6.07) is 7.58. The summed E-state index contributed by atoms with van der Waals surface area (Å²) in [5, 5.41) is 11.6. The fraction of sp³-hybridized carbons (Fsp3) is 0. The quantitative estimate of drug-likeness (QED) is 0.556. The highest BCUT2D eigenvalue weighted by Crippen LogP contribution is 2.20. The Morgan fingerprint density at radius 1 is 1.20 bits per heavy atom. The summed E-state index contributed by atoms with van der Waals surface area (Å²) < 4.78 is 2.22. The number of nitrogens with zero attached hydrogens (tertiary/aromatic N) is 4. The molecule has 4 rings (SSSR count). The molecule has 0 amide bonds. The topological polar surface area (TPSA) is 91.7 Å². The van der Waals surface area contributed by atoms with Crippen LogP contribution in [0.4, 0.5) is 0 Å². The maximum atomic E-state index is 11.9. The molecule has 8 heteroatoms. The smallest absolute Gasteiger partial charge is 0.290 e. The Labute approximate surface area is 119 Å². The standard InChI is InChI=1S/C12H7BrN6O/c13-7-3-1-6(2-4-7)9-15-11-8-5-14-17-10(8)16-12(20)19(11)18-9/h1-5H,(H2,14,16,17,20). The van der Waals surface area contributed by atoms with Crippen molar-refractivity contribution in [3.05, 3.63) is 45.4 Å². The lowest BCUT2D eigenvalue weighted by molar-refractivity contribution is 0.881. The van der Waals surface area contributed by atoms with Gasteiger partial charge in [-0.15, -0.1) is 5.10 Å². The Morgan fingerprint density at radius 2 is 2.00 bits per heavy atom. The molecule has 0 unspecified atom stereocenters. The number of halogens is 1. The van der Waals surface area contributed by atoms with E-state index in [0.29, 0.717) is 17.1 Å². The Hall–Kier alpha value is -2.48. The molecule has 0 fully saturated rings. The lowest BCUT2D eigenvalue weighted by Gasteiger charge is -1.93. The summed E-state index contributed by atoms with van der Waals surface area (Å²) in [7, 11) is 0. The highest BCUT2D eigenvalue weighted by molar-refractivity contribution is 9.10. The lowest BCUT2D eigenvalue weighted by atomic mass is 10.2. The van der Waals surface area contributed by atoms with Gasteiger partial charge in [0.05, 0.1) is 11.6 Å². The third kappa shape index (κ3) is 1.58. The van der Waals surface area contributed by atoms with Crippen molar-refractivity contribution in [3.63, 3.8) is 0 Å². The molecule has 0 bridgehead atoms. The number of H-pyrrole nitrogens is 2. The fourth-order valence-corrected chi connectivity index (χ4v) is 2.32. The summed E-state index contributed by atoms with van der Waals surface area (Å²) in [5.74, 6) is 0.497. The van der Waals surface area contributed by atoms with Gasteiger partial charge >= 0.3 is 5.69 Å². The predicted molar refractivity (Wildman–Crippen MR) is 76.4 cm³/mol. The van der Waals surface area contributed by atoms with E-state index >= 15 is 0 Å². The van der Waals surface area contributed by atoms with Crippen LogP contribution in [0, 0.1) is 0 Å². The Morgan fingerprint density at radius 3 is 2.80 bits per heavy atom. The molecular weight excluding hydrogens is 324 g/mol. The van der Waals surface area contributed by atoms with Gasteiger partial charge in [0.2, 0.25) is 0 Å². The van der Waals surface area contributed by atoms with Crippen LogP contribution >= 0.6 is 15.9 Å². The van der Waals surface area contributed by atoms with Crippen molar-refractivity contribution in [2.75, 3.05) is 0 Å². The largest absolute Gasteiger partial charge is 0.349 e. The second-order valence-electron chi connectivity index (χ2n) is 4.27.